The van der Waals surface area contributed by atoms with Gasteiger partial charge in [0, 0.05) is 5.56 Å². The number of carbonyl (C=O) groups is 2. The van der Waals surface area contributed by atoms with E-state index in [0.29, 0.717) is 23.8 Å². The van der Waals surface area contributed by atoms with Gasteiger partial charge in [0.05, 0.1) is 6.61 Å². The number of amides is 1. The largest absolute Gasteiger partial charge is 0.493 e. The average molecular weight is 265 g/mol. The quantitative estimate of drug-likeness (QED) is 0.824. The summed E-state index contributed by atoms with van der Waals surface area (Å²) in [5.41, 5.74) is 0.407. The Morgan fingerprint density at radius 1 is 1.21 bits per heavy atom. The van der Waals surface area contributed by atoms with Gasteiger partial charge in [0.25, 0.3) is 5.91 Å². The Bertz CT molecular complexity index is 439. The van der Waals surface area contributed by atoms with Crippen LogP contribution in [0.4, 0.5) is 0 Å². The van der Waals surface area contributed by atoms with Gasteiger partial charge in [0.1, 0.15) is 11.8 Å². The normalized spacial score (nSPS) is 12.0. The fourth-order valence-corrected chi connectivity index (χ4v) is 1.31. The van der Waals surface area contributed by atoms with E-state index in [1.165, 1.54) is 6.92 Å². The van der Waals surface area contributed by atoms with E-state index >= 15 is 0 Å². The van der Waals surface area contributed by atoms with Crippen LogP contribution in [0.25, 0.3) is 0 Å². The minimum absolute atomic E-state index is 0.407. The molecule has 0 aliphatic rings. The lowest BCUT2D eigenvalue weighted by Gasteiger charge is -2.11. The fraction of sp³-hybridized carbons (Fsp3) is 0.429. The standard InChI is InChI=1S/C14H19NO4/c1-9(2)8-19-12-6-4-11(5-7-12)13(16)15-10(3)14(17)18/h4-7,9-10H,8H2,1-3H3,(H,15,16)(H,17,18)/t10-/m0/s1. The van der Waals surface area contributed by atoms with Crippen molar-refractivity contribution in [3.8, 4) is 5.75 Å². The highest BCUT2D eigenvalue weighted by Crippen LogP contribution is 2.13. The lowest BCUT2D eigenvalue weighted by Crippen LogP contribution is -2.38. The number of carbonyl (C=O) groups excluding carboxylic acids is 1. The molecule has 0 unspecified atom stereocenters. The zero-order chi connectivity index (χ0) is 14.4. The van der Waals surface area contributed by atoms with Crippen LogP contribution in [0.2, 0.25) is 0 Å². The zero-order valence-corrected chi connectivity index (χ0v) is 11.3. The van der Waals surface area contributed by atoms with Gasteiger partial charge in [0.2, 0.25) is 0 Å². The molecule has 0 saturated carbocycles. The number of ether oxygens (including phenoxy) is 1. The van der Waals surface area contributed by atoms with E-state index in [-0.39, 0.29) is 0 Å². The minimum atomic E-state index is -1.06. The topological polar surface area (TPSA) is 75.6 Å². The average Bonchev–Trinajstić information content (AvgIpc) is 2.36. The van der Waals surface area contributed by atoms with Gasteiger partial charge in [0.15, 0.2) is 0 Å². The molecule has 0 spiro atoms. The second kappa shape index (κ2) is 6.78. The van der Waals surface area contributed by atoms with Gasteiger partial charge in [-0.1, -0.05) is 13.8 Å². The third-order valence-electron chi connectivity index (χ3n) is 2.42. The van der Waals surface area contributed by atoms with Gasteiger partial charge < -0.3 is 15.2 Å². The van der Waals surface area contributed by atoms with Crippen molar-refractivity contribution >= 4 is 11.9 Å². The van der Waals surface area contributed by atoms with E-state index in [2.05, 4.69) is 19.2 Å². The Morgan fingerprint density at radius 3 is 2.26 bits per heavy atom. The highest BCUT2D eigenvalue weighted by molar-refractivity contribution is 5.96. The van der Waals surface area contributed by atoms with Crippen LogP contribution in [0.5, 0.6) is 5.75 Å². The number of carboxylic acids is 1. The second-order valence-electron chi connectivity index (χ2n) is 4.76. The van der Waals surface area contributed by atoms with E-state index < -0.39 is 17.9 Å². The number of nitrogens with one attached hydrogen (secondary N) is 1. The first-order valence-corrected chi connectivity index (χ1v) is 6.16. The number of carboxylic acid groups (broad SMARTS) is 1. The molecule has 0 aliphatic carbocycles. The Morgan fingerprint density at radius 2 is 1.79 bits per heavy atom. The summed E-state index contributed by atoms with van der Waals surface area (Å²) in [7, 11) is 0. The number of hydrogen-bond acceptors (Lipinski definition) is 3. The summed E-state index contributed by atoms with van der Waals surface area (Å²) < 4.78 is 5.50. The monoisotopic (exact) mass is 265 g/mol. The summed E-state index contributed by atoms with van der Waals surface area (Å²) in [6.07, 6.45) is 0. The van der Waals surface area contributed by atoms with Crippen molar-refractivity contribution in [2.24, 2.45) is 5.92 Å². The molecule has 0 bridgehead atoms. The van der Waals surface area contributed by atoms with Crippen LogP contribution in [0, 0.1) is 5.92 Å². The minimum Gasteiger partial charge on any atom is -0.493 e. The number of hydrogen-bond donors (Lipinski definition) is 2. The summed E-state index contributed by atoms with van der Waals surface area (Å²) in [5, 5.41) is 11.1. The summed E-state index contributed by atoms with van der Waals surface area (Å²) in [5.74, 6) is -0.355. The molecule has 1 aromatic rings. The maximum atomic E-state index is 11.7. The predicted octanol–water partition coefficient (Wildman–Crippen LogP) is 1.92. The molecule has 104 valence electrons. The first-order chi connectivity index (χ1) is 8.90. The van der Waals surface area contributed by atoms with Crippen molar-refractivity contribution in [2.45, 2.75) is 26.8 Å². The lowest BCUT2D eigenvalue weighted by molar-refractivity contribution is -0.138. The van der Waals surface area contributed by atoms with E-state index in [0.717, 1.165) is 0 Å². The van der Waals surface area contributed by atoms with Gasteiger partial charge in [-0.2, -0.15) is 0 Å². The van der Waals surface area contributed by atoms with Crippen LogP contribution in [0.3, 0.4) is 0 Å². The maximum absolute atomic E-state index is 11.7. The van der Waals surface area contributed by atoms with Crippen LogP contribution in [-0.4, -0.2) is 29.6 Å². The first kappa shape index (κ1) is 15.0. The molecular formula is C14H19NO4. The molecule has 1 amide bonds. The molecule has 5 heteroatoms. The van der Waals surface area contributed by atoms with Crippen molar-refractivity contribution < 1.29 is 19.4 Å². The summed E-state index contributed by atoms with van der Waals surface area (Å²) in [6, 6.07) is 5.70. The highest BCUT2D eigenvalue weighted by atomic mass is 16.5. The summed E-state index contributed by atoms with van der Waals surface area (Å²) in [4.78, 5) is 22.4. The third-order valence-corrected chi connectivity index (χ3v) is 2.42. The Labute approximate surface area is 112 Å². The molecule has 0 radical (unpaired) electrons. The molecule has 0 aliphatic heterocycles. The molecule has 1 atom stereocenters. The van der Waals surface area contributed by atoms with Gasteiger partial charge in [-0.3, -0.25) is 9.59 Å². The Balaban J connectivity index is 2.60. The number of benzene rings is 1. The maximum Gasteiger partial charge on any atom is 0.325 e. The van der Waals surface area contributed by atoms with Crippen LogP contribution in [0.1, 0.15) is 31.1 Å². The fourth-order valence-electron chi connectivity index (χ4n) is 1.31. The van der Waals surface area contributed by atoms with Gasteiger partial charge in [-0.05, 0) is 37.1 Å². The Hall–Kier alpha value is -2.04. The van der Waals surface area contributed by atoms with Gasteiger partial charge in [-0.15, -0.1) is 0 Å². The molecule has 0 aromatic heterocycles. The van der Waals surface area contributed by atoms with Gasteiger partial charge >= 0.3 is 5.97 Å². The molecule has 0 heterocycles. The van der Waals surface area contributed by atoms with Crippen LogP contribution >= 0.6 is 0 Å². The molecule has 1 aromatic carbocycles. The van der Waals surface area contributed by atoms with E-state index in [9.17, 15) is 9.59 Å². The van der Waals surface area contributed by atoms with Crippen molar-refractivity contribution in [1.29, 1.82) is 0 Å². The predicted molar refractivity (Wildman–Crippen MR) is 71.3 cm³/mol. The number of aliphatic carboxylic acids is 1. The molecule has 19 heavy (non-hydrogen) atoms. The number of rotatable bonds is 6. The summed E-state index contributed by atoms with van der Waals surface area (Å²) >= 11 is 0. The molecule has 1 rings (SSSR count). The van der Waals surface area contributed by atoms with Crippen molar-refractivity contribution in [3.63, 3.8) is 0 Å². The molecule has 5 nitrogen and oxygen atoms in total. The summed E-state index contributed by atoms with van der Waals surface area (Å²) in [6.45, 7) is 6.13. The molecular weight excluding hydrogens is 246 g/mol. The van der Waals surface area contributed by atoms with Crippen LogP contribution in [0.15, 0.2) is 24.3 Å². The zero-order valence-electron chi connectivity index (χ0n) is 11.3. The van der Waals surface area contributed by atoms with E-state index in [1.54, 1.807) is 24.3 Å². The van der Waals surface area contributed by atoms with Gasteiger partial charge in [-0.25, -0.2) is 0 Å². The highest BCUT2D eigenvalue weighted by Gasteiger charge is 2.15. The van der Waals surface area contributed by atoms with E-state index in [1.807, 2.05) is 0 Å². The third kappa shape index (κ3) is 4.99. The molecule has 0 saturated heterocycles. The van der Waals surface area contributed by atoms with Crippen molar-refractivity contribution in [1.82, 2.24) is 5.32 Å². The molecule has 2 N–H and O–H groups in total. The van der Waals surface area contributed by atoms with Crippen LogP contribution < -0.4 is 10.1 Å². The lowest BCUT2D eigenvalue weighted by atomic mass is 10.2. The van der Waals surface area contributed by atoms with Crippen molar-refractivity contribution in [3.05, 3.63) is 29.8 Å². The van der Waals surface area contributed by atoms with Crippen molar-refractivity contribution in [2.75, 3.05) is 6.61 Å². The Kier molecular flexibility index (Phi) is 5.36. The van der Waals surface area contributed by atoms with E-state index in [4.69, 9.17) is 9.84 Å². The van der Waals surface area contributed by atoms with Crippen LogP contribution in [-0.2, 0) is 4.79 Å². The second-order valence-corrected chi connectivity index (χ2v) is 4.76. The molecule has 0 fully saturated rings. The first-order valence-electron chi connectivity index (χ1n) is 6.16. The SMILES string of the molecule is CC(C)COc1ccc(C(=O)N[C@@H](C)C(=O)O)cc1. The smallest absolute Gasteiger partial charge is 0.325 e.